The number of hydrogen-bond acceptors (Lipinski definition) is 3. The topological polar surface area (TPSA) is 50.9 Å². The minimum absolute atomic E-state index is 0.551. The molecule has 17 heavy (non-hydrogen) atoms. The fourth-order valence-electron chi connectivity index (χ4n) is 2.59. The lowest BCUT2D eigenvalue weighted by Crippen LogP contribution is -2.36. The quantitative estimate of drug-likeness (QED) is 0.873. The van der Waals surface area contributed by atoms with Gasteiger partial charge in [-0.3, -0.25) is 4.68 Å². The number of hydrogen-bond donors (Lipinski definition) is 1. The fraction of sp³-hybridized carbons (Fsp3) is 0.846. The smallest absolute Gasteiger partial charge is 0.138 e. The summed E-state index contributed by atoms with van der Waals surface area (Å²) >= 11 is 0. The molecular formula is C13H23N3O. The van der Waals surface area contributed by atoms with Crippen LogP contribution in [0.2, 0.25) is 0 Å². The number of aliphatic hydroxyl groups is 1. The summed E-state index contributed by atoms with van der Waals surface area (Å²) in [6.07, 6.45) is 7.34. The normalized spacial score (nSPS) is 29.5. The lowest BCUT2D eigenvalue weighted by Gasteiger charge is -2.34. The van der Waals surface area contributed by atoms with Gasteiger partial charge in [-0.15, -0.1) is 0 Å². The predicted molar refractivity (Wildman–Crippen MR) is 66.6 cm³/mol. The van der Waals surface area contributed by atoms with Gasteiger partial charge in [-0.05, 0) is 38.0 Å². The molecule has 96 valence electrons. The van der Waals surface area contributed by atoms with E-state index in [0.717, 1.165) is 50.4 Å². The van der Waals surface area contributed by atoms with Crippen molar-refractivity contribution in [3.05, 3.63) is 12.2 Å². The minimum Gasteiger partial charge on any atom is -0.389 e. The highest BCUT2D eigenvalue weighted by molar-refractivity contribution is 4.96. The first-order valence-electron chi connectivity index (χ1n) is 6.72. The molecule has 0 atom stereocenters. The molecular weight excluding hydrogens is 214 g/mol. The molecule has 0 aliphatic heterocycles. The zero-order valence-corrected chi connectivity index (χ0v) is 10.9. The molecule has 1 aliphatic carbocycles. The number of aromatic nitrogens is 3. The van der Waals surface area contributed by atoms with E-state index in [0.29, 0.717) is 6.42 Å². The van der Waals surface area contributed by atoms with Crippen LogP contribution in [0.5, 0.6) is 0 Å². The van der Waals surface area contributed by atoms with E-state index in [2.05, 4.69) is 23.9 Å². The van der Waals surface area contributed by atoms with Gasteiger partial charge >= 0.3 is 0 Å². The van der Waals surface area contributed by atoms with E-state index in [1.165, 1.54) is 0 Å². The van der Waals surface area contributed by atoms with Gasteiger partial charge in [0.05, 0.1) is 5.60 Å². The molecule has 0 spiro atoms. The van der Waals surface area contributed by atoms with Crippen LogP contribution in [0, 0.1) is 5.92 Å². The van der Waals surface area contributed by atoms with Crippen molar-refractivity contribution < 1.29 is 5.11 Å². The Kier molecular flexibility index (Phi) is 3.82. The Hall–Kier alpha value is -0.900. The Morgan fingerprint density at radius 1 is 1.47 bits per heavy atom. The van der Waals surface area contributed by atoms with Crippen LogP contribution in [-0.2, 0) is 13.0 Å². The molecule has 1 aromatic heterocycles. The molecule has 4 nitrogen and oxygen atoms in total. The molecule has 1 saturated carbocycles. The van der Waals surface area contributed by atoms with Crippen molar-refractivity contribution in [2.24, 2.45) is 5.92 Å². The van der Waals surface area contributed by atoms with Crippen molar-refractivity contribution >= 4 is 0 Å². The Morgan fingerprint density at radius 3 is 2.82 bits per heavy atom. The molecule has 0 radical (unpaired) electrons. The zero-order valence-electron chi connectivity index (χ0n) is 10.9. The largest absolute Gasteiger partial charge is 0.389 e. The fourth-order valence-corrected chi connectivity index (χ4v) is 2.59. The first-order chi connectivity index (χ1) is 8.13. The number of rotatable bonds is 4. The molecule has 0 bridgehead atoms. The van der Waals surface area contributed by atoms with E-state index < -0.39 is 5.60 Å². The summed E-state index contributed by atoms with van der Waals surface area (Å²) in [5, 5.41) is 14.8. The second-order valence-electron chi connectivity index (χ2n) is 5.48. The van der Waals surface area contributed by atoms with Gasteiger partial charge < -0.3 is 5.11 Å². The van der Waals surface area contributed by atoms with Gasteiger partial charge in [0.15, 0.2) is 0 Å². The van der Waals surface area contributed by atoms with Crippen LogP contribution in [0.15, 0.2) is 6.33 Å². The Bertz CT molecular complexity index is 353. The van der Waals surface area contributed by atoms with Crippen molar-refractivity contribution in [1.29, 1.82) is 0 Å². The maximum Gasteiger partial charge on any atom is 0.138 e. The highest BCUT2D eigenvalue weighted by Crippen LogP contribution is 2.33. The Balaban J connectivity index is 2.01. The van der Waals surface area contributed by atoms with Crippen LogP contribution >= 0.6 is 0 Å². The standard InChI is InChI=1S/C13H23N3O/c1-3-8-16-12(14-10-15-16)9-13(17)6-4-11(2)5-7-13/h10-11,17H,3-9H2,1-2H3. The molecule has 1 heterocycles. The minimum atomic E-state index is -0.551. The molecule has 4 heteroatoms. The van der Waals surface area contributed by atoms with Gasteiger partial charge in [0.25, 0.3) is 0 Å². The predicted octanol–water partition coefficient (Wildman–Crippen LogP) is 2.17. The third-order valence-corrected chi connectivity index (χ3v) is 3.82. The SMILES string of the molecule is CCCn1ncnc1CC1(O)CCC(C)CC1. The summed E-state index contributed by atoms with van der Waals surface area (Å²) in [7, 11) is 0. The van der Waals surface area contributed by atoms with E-state index in [4.69, 9.17) is 0 Å². The first kappa shape index (κ1) is 12.6. The zero-order chi connectivity index (χ0) is 12.3. The lowest BCUT2D eigenvalue weighted by atomic mass is 9.78. The molecule has 1 N–H and O–H groups in total. The second-order valence-corrected chi connectivity index (χ2v) is 5.48. The van der Waals surface area contributed by atoms with E-state index in [9.17, 15) is 5.11 Å². The van der Waals surface area contributed by atoms with Gasteiger partial charge in [0, 0.05) is 13.0 Å². The van der Waals surface area contributed by atoms with Crippen molar-refractivity contribution in [3.63, 3.8) is 0 Å². The van der Waals surface area contributed by atoms with E-state index >= 15 is 0 Å². The highest BCUT2D eigenvalue weighted by Gasteiger charge is 2.33. The molecule has 1 aliphatic rings. The first-order valence-corrected chi connectivity index (χ1v) is 6.72. The maximum absolute atomic E-state index is 10.6. The van der Waals surface area contributed by atoms with Gasteiger partial charge in [-0.25, -0.2) is 4.98 Å². The highest BCUT2D eigenvalue weighted by atomic mass is 16.3. The number of aryl methyl sites for hydroxylation is 1. The van der Waals surface area contributed by atoms with Gasteiger partial charge in [0.1, 0.15) is 12.2 Å². The van der Waals surface area contributed by atoms with Crippen LogP contribution in [0.3, 0.4) is 0 Å². The van der Waals surface area contributed by atoms with Crippen molar-refractivity contribution in [2.75, 3.05) is 0 Å². The van der Waals surface area contributed by atoms with Crippen LogP contribution in [0.4, 0.5) is 0 Å². The molecule has 0 unspecified atom stereocenters. The van der Waals surface area contributed by atoms with Crippen molar-refractivity contribution in [3.8, 4) is 0 Å². The molecule has 1 aromatic rings. The van der Waals surface area contributed by atoms with Gasteiger partial charge in [-0.1, -0.05) is 13.8 Å². The van der Waals surface area contributed by atoms with E-state index in [1.807, 2.05) is 4.68 Å². The Morgan fingerprint density at radius 2 is 2.18 bits per heavy atom. The average molecular weight is 237 g/mol. The monoisotopic (exact) mass is 237 g/mol. The lowest BCUT2D eigenvalue weighted by molar-refractivity contribution is -0.00911. The molecule has 2 rings (SSSR count). The molecule has 1 fully saturated rings. The van der Waals surface area contributed by atoms with Gasteiger partial charge in [0.2, 0.25) is 0 Å². The third kappa shape index (κ3) is 3.06. The van der Waals surface area contributed by atoms with Gasteiger partial charge in [-0.2, -0.15) is 5.10 Å². The van der Waals surface area contributed by atoms with Crippen LogP contribution in [0.1, 0.15) is 51.8 Å². The average Bonchev–Trinajstić information content (AvgIpc) is 2.71. The summed E-state index contributed by atoms with van der Waals surface area (Å²) in [5.41, 5.74) is -0.551. The molecule has 0 amide bonds. The number of nitrogens with zero attached hydrogens (tertiary/aromatic N) is 3. The van der Waals surface area contributed by atoms with E-state index in [1.54, 1.807) is 6.33 Å². The summed E-state index contributed by atoms with van der Waals surface area (Å²) in [6, 6.07) is 0. The second kappa shape index (κ2) is 5.17. The van der Waals surface area contributed by atoms with E-state index in [-0.39, 0.29) is 0 Å². The summed E-state index contributed by atoms with van der Waals surface area (Å²) < 4.78 is 1.93. The third-order valence-electron chi connectivity index (χ3n) is 3.82. The summed E-state index contributed by atoms with van der Waals surface area (Å²) in [4.78, 5) is 4.28. The summed E-state index contributed by atoms with van der Waals surface area (Å²) in [6.45, 7) is 5.28. The van der Waals surface area contributed by atoms with Crippen LogP contribution in [-0.4, -0.2) is 25.5 Å². The van der Waals surface area contributed by atoms with Crippen molar-refractivity contribution in [2.45, 2.75) is 64.5 Å². The molecule has 0 aromatic carbocycles. The van der Waals surface area contributed by atoms with Crippen LogP contribution < -0.4 is 0 Å². The maximum atomic E-state index is 10.6. The van der Waals surface area contributed by atoms with Crippen molar-refractivity contribution in [1.82, 2.24) is 14.8 Å². The Labute approximate surface area is 103 Å². The van der Waals surface area contributed by atoms with Crippen LogP contribution in [0.25, 0.3) is 0 Å². The summed E-state index contributed by atoms with van der Waals surface area (Å²) in [5.74, 6) is 1.69. The molecule has 0 saturated heterocycles.